The Morgan fingerprint density at radius 1 is 1.25 bits per heavy atom. The van der Waals surface area contributed by atoms with Crippen LogP contribution in [0.5, 0.6) is 0 Å². The minimum absolute atomic E-state index is 0.365. The maximum absolute atomic E-state index is 12.3. The third-order valence-corrected chi connectivity index (χ3v) is 6.57. The molecule has 0 spiro atoms. The van der Waals surface area contributed by atoms with Gasteiger partial charge in [-0.25, -0.2) is 4.98 Å². The van der Waals surface area contributed by atoms with Gasteiger partial charge in [-0.3, -0.25) is 9.58 Å². The van der Waals surface area contributed by atoms with Gasteiger partial charge in [-0.2, -0.15) is 22.1 Å². The summed E-state index contributed by atoms with van der Waals surface area (Å²) in [6, 6.07) is 2.00. The average molecular weight is 371 g/mol. The van der Waals surface area contributed by atoms with Crippen LogP contribution in [0.3, 0.4) is 0 Å². The van der Waals surface area contributed by atoms with Crippen molar-refractivity contribution in [1.82, 2.24) is 28.3 Å². The number of fused-ring (bicyclic) bond motifs is 1. The molecule has 2 aromatic heterocycles. The third-order valence-electron chi connectivity index (χ3n) is 3.92. The van der Waals surface area contributed by atoms with E-state index in [0.29, 0.717) is 26.2 Å². The van der Waals surface area contributed by atoms with Gasteiger partial charge in [0.2, 0.25) is 0 Å². The molecule has 10 heteroatoms. The van der Waals surface area contributed by atoms with E-state index in [2.05, 4.69) is 15.0 Å². The number of thiazole rings is 1. The fraction of sp³-hybridized carbons (Fsp3) is 0.571. The average Bonchev–Trinajstić information content (AvgIpc) is 3.14. The van der Waals surface area contributed by atoms with Crippen LogP contribution < -0.4 is 0 Å². The van der Waals surface area contributed by atoms with E-state index >= 15 is 0 Å². The summed E-state index contributed by atoms with van der Waals surface area (Å²) in [6.07, 6.45) is 1.81. The van der Waals surface area contributed by atoms with E-state index in [9.17, 15) is 8.42 Å². The number of hydrogen-bond acceptors (Lipinski definition) is 6. The summed E-state index contributed by atoms with van der Waals surface area (Å²) in [6.45, 7) is 2.88. The summed E-state index contributed by atoms with van der Waals surface area (Å²) in [5.41, 5.74) is 1.89. The van der Waals surface area contributed by atoms with E-state index in [1.165, 1.54) is 8.61 Å². The summed E-state index contributed by atoms with van der Waals surface area (Å²) in [4.78, 5) is 6.44. The second-order valence-corrected chi connectivity index (χ2v) is 9.19. The van der Waals surface area contributed by atoms with Crippen LogP contribution in [0.1, 0.15) is 16.4 Å². The Kier molecular flexibility index (Phi) is 5.02. The van der Waals surface area contributed by atoms with Crippen molar-refractivity contribution in [3.8, 4) is 0 Å². The van der Waals surface area contributed by atoms with Crippen molar-refractivity contribution >= 4 is 21.5 Å². The monoisotopic (exact) mass is 370 g/mol. The summed E-state index contributed by atoms with van der Waals surface area (Å²) in [5.74, 6) is 0. The lowest BCUT2D eigenvalue weighted by molar-refractivity contribution is 0.300. The van der Waals surface area contributed by atoms with E-state index < -0.39 is 10.2 Å². The highest BCUT2D eigenvalue weighted by Crippen LogP contribution is 2.19. The third kappa shape index (κ3) is 3.67. The van der Waals surface area contributed by atoms with Gasteiger partial charge in [-0.05, 0) is 13.1 Å². The molecule has 0 N–H and O–H groups in total. The molecular weight excluding hydrogens is 348 g/mol. The Morgan fingerprint density at radius 3 is 2.71 bits per heavy atom. The highest BCUT2D eigenvalue weighted by molar-refractivity contribution is 7.86. The molecular formula is C14H22N6O2S2. The van der Waals surface area contributed by atoms with Crippen molar-refractivity contribution in [3.63, 3.8) is 0 Å². The van der Waals surface area contributed by atoms with Crippen LogP contribution in [0.2, 0.25) is 0 Å². The lowest BCUT2D eigenvalue weighted by Crippen LogP contribution is -2.44. The van der Waals surface area contributed by atoms with Gasteiger partial charge in [0.15, 0.2) is 0 Å². The van der Waals surface area contributed by atoms with Crippen LogP contribution in [0.4, 0.5) is 0 Å². The first-order chi connectivity index (χ1) is 11.4. The first-order valence-corrected chi connectivity index (χ1v) is 9.94. The Balaban J connectivity index is 1.67. The number of aromatic nitrogens is 3. The van der Waals surface area contributed by atoms with Crippen molar-refractivity contribution in [3.05, 3.63) is 34.0 Å². The second-order valence-electron chi connectivity index (χ2n) is 6.07. The summed E-state index contributed by atoms with van der Waals surface area (Å²) in [7, 11) is 1.76. The largest absolute Gasteiger partial charge is 0.294 e. The van der Waals surface area contributed by atoms with Gasteiger partial charge < -0.3 is 0 Å². The van der Waals surface area contributed by atoms with Gasteiger partial charge in [0.1, 0.15) is 5.01 Å². The van der Waals surface area contributed by atoms with Gasteiger partial charge in [-0.1, -0.05) is 0 Å². The van der Waals surface area contributed by atoms with Gasteiger partial charge in [0.25, 0.3) is 10.2 Å². The summed E-state index contributed by atoms with van der Waals surface area (Å²) < 4.78 is 29.2. The summed E-state index contributed by atoms with van der Waals surface area (Å²) in [5, 5.41) is 7.65. The molecule has 0 atom stereocenters. The lowest BCUT2D eigenvalue weighted by Gasteiger charge is -2.29. The standard InChI is InChI=1S/C14H22N6O2S2/c1-17(2)24(21,22)19-5-6-20-13(10-19)8-12(16-20)9-18(3)11-14-15-4-7-23-14/h4,7-8H,5-6,9-11H2,1-3H3. The number of rotatable bonds is 6. The molecule has 0 unspecified atom stereocenters. The van der Waals surface area contributed by atoms with Crippen molar-refractivity contribution in [2.45, 2.75) is 26.2 Å². The highest BCUT2D eigenvalue weighted by atomic mass is 32.2. The van der Waals surface area contributed by atoms with E-state index in [-0.39, 0.29) is 0 Å². The molecule has 132 valence electrons. The van der Waals surface area contributed by atoms with Crippen LogP contribution in [0.15, 0.2) is 17.6 Å². The highest BCUT2D eigenvalue weighted by Gasteiger charge is 2.29. The normalized spacial score (nSPS) is 16.0. The van der Waals surface area contributed by atoms with Crippen molar-refractivity contribution in [2.24, 2.45) is 0 Å². The predicted molar refractivity (Wildman–Crippen MR) is 92.5 cm³/mol. The lowest BCUT2D eigenvalue weighted by atomic mass is 10.3. The van der Waals surface area contributed by atoms with Crippen molar-refractivity contribution < 1.29 is 8.42 Å². The minimum Gasteiger partial charge on any atom is -0.294 e. The van der Waals surface area contributed by atoms with Crippen LogP contribution in [-0.2, 0) is 36.4 Å². The van der Waals surface area contributed by atoms with E-state index in [4.69, 9.17) is 0 Å². The number of nitrogens with zero attached hydrogens (tertiary/aromatic N) is 6. The zero-order valence-electron chi connectivity index (χ0n) is 14.1. The molecule has 1 aliphatic heterocycles. The van der Waals surface area contributed by atoms with Gasteiger partial charge >= 0.3 is 0 Å². The van der Waals surface area contributed by atoms with Crippen molar-refractivity contribution in [1.29, 1.82) is 0 Å². The van der Waals surface area contributed by atoms with Gasteiger partial charge in [0.05, 0.1) is 31.0 Å². The molecule has 0 saturated heterocycles. The molecule has 0 bridgehead atoms. The fourth-order valence-corrected chi connectivity index (χ4v) is 4.47. The molecule has 0 aromatic carbocycles. The molecule has 1 aliphatic rings. The first kappa shape index (κ1) is 17.5. The molecule has 0 saturated carbocycles. The quantitative estimate of drug-likeness (QED) is 0.744. The van der Waals surface area contributed by atoms with E-state index in [0.717, 1.165) is 22.9 Å². The van der Waals surface area contributed by atoms with Crippen LogP contribution in [0.25, 0.3) is 0 Å². The van der Waals surface area contributed by atoms with E-state index in [1.54, 1.807) is 25.4 Å². The first-order valence-electron chi connectivity index (χ1n) is 7.66. The van der Waals surface area contributed by atoms with Crippen molar-refractivity contribution in [2.75, 3.05) is 27.7 Å². The topological polar surface area (TPSA) is 74.6 Å². The van der Waals surface area contributed by atoms with Gasteiger partial charge in [-0.15, -0.1) is 11.3 Å². The minimum atomic E-state index is -3.38. The van der Waals surface area contributed by atoms with Crippen LogP contribution >= 0.6 is 11.3 Å². The smallest absolute Gasteiger partial charge is 0.281 e. The molecule has 2 aromatic rings. The second kappa shape index (κ2) is 6.89. The number of hydrogen-bond donors (Lipinski definition) is 0. The molecule has 8 nitrogen and oxygen atoms in total. The molecule has 3 heterocycles. The van der Waals surface area contributed by atoms with Gasteiger partial charge in [0, 0.05) is 38.8 Å². The Bertz CT molecular complexity index is 784. The molecule has 0 fully saturated rings. The molecule has 3 rings (SSSR count). The fourth-order valence-electron chi connectivity index (χ4n) is 2.70. The molecule has 24 heavy (non-hydrogen) atoms. The van der Waals surface area contributed by atoms with Crippen LogP contribution in [-0.4, -0.2) is 64.4 Å². The predicted octanol–water partition coefficient (Wildman–Crippen LogP) is 0.594. The molecule has 0 amide bonds. The maximum atomic E-state index is 12.3. The Hall–Kier alpha value is -1.33. The Labute approximate surface area is 146 Å². The summed E-state index contributed by atoms with van der Waals surface area (Å²) >= 11 is 1.64. The molecule has 0 radical (unpaired) electrons. The van der Waals surface area contributed by atoms with Crippen LogP contribution in [0, 0.1) is 0 Å². The Morgan fingerprint density at radius 2 is 2.04 bits per heavy atom. The molecule has 0 aliphatic carbocycles. The van der Waals surface area contributed by atoms with E-state index in [1.807, 2.05) is 29.4 Å². The zero-order valence-corrected chi connectivity index (χ0v) is 15.7. The SMILES string of the molecule is CN(Cc1cc2n(n1)CCN(S(=O)(=O)N(C)C)C2)Cc1nccs1. The zero-order chi connectivity index (χ0) is 17.3. The maximum Gasteiger partial charge on any atom is 0.281 e.